The van der Waals surface area contributed by atoms with Crippen LogP contribution < -0.4 is 5.73 Å². The lowest BCUT2D eigenvalue weighted by atomic mass is 9.52. The molecule has 19 heavy (non-hydrogen) atoms. The van der Waals surface area contributed by atoms with Crippen molar-refractivity contribution in [3.63, 3.8) is 0 Å². The summed E-state index contributed by atoms with van der Waals surface area (Å²) < 4.78 is 0. The van der Waals surface area contributed by atoms with Gasteiger partial charge in [0.2, 0.25) is 0 Å². The van der Waals surface area contributed by atoms with Gasteiger partial charge in [0.1, 0.15) is 0 Å². The maximum absolute atomic E-state index is 11.7. The van der Waals surface area contributed by atoms with Crippen LogP contribution in [0.4, 0.5) is 0 Å². The quantitative estimate of drug-likeness (QED) is 0.822. The molecule has 3 aliphatic carbocycles. The van der Waals surface area contributed by atoms with Crippen LogP contribution in [0.5, 0.6) is 0 Å². The Labute approximate surface area is 118 Å². The zero-order valence-corrected chi connectivity index (χ0v) is 12.7. The summed E-state index contributed by atoms with van der Waals surface area (Å²) in [4.78, 5) is 0. The molecule has 0 aromatic carbocycles. The molecule has 0 aliphatic heterocycles. The lowest BCUT2D eigenvalue weighted by Gasteiger charge is -2.56. The van der Waals surface area contributed by atoms with Crippen molar-refractivity contribution < 1.29 is 5.11 Å². The minimum absolute atomic E-state index is 0.0469. The molecular weight excluding hydrogens is 234 g/mol. The smallest absolute Gasteiger partial charge is 0.0748 e. The van der Waals surface area contributed by atoms with E-state index in [1.165, 1.54) is 44.9 Å². The first-order valence-corrected chi connectivity index (χ1v) is 8.46. The number of hydrogen-bond donors (Lipinski definition) is 2. The molecule has 0 amide bonds. The third kappa shape index (κ3) is 1.82. The molecule has 2 heteroatoms. The van der Waals surface area contributed by atoms with Gasteiger partial charge in [-0.3, -0.25) is 0 Å². The van der Waals surface area contributed by atoms with Gasteiger partial charge < -0.3 is 10.8 Å². The Kier molecular flexibility index (Phi) is 3.46. The lowest BCUT2D eigenvalue weighted by Crippen LogP contribution is -2.61. The average Bonchev–Trinajstić information content (AvgIpc) is 2.99. The summed E-state index contributed by atoms with van der Waals surface area (Å²) in [6.45, 7) is 5.28. The number of aliphatic hydroxyl groups is 1. The fourth-order valence-electron chi connectivity index (χ4n) is 6.09. The third-order valence-corrected chi connectivity index (χ3v) is 6.94. The topological polar surface area (TPSA) is 46.2 Å². The van der Waals surface area contributed by atoms with E-state index in [4.69, 9.17) is 5.73 Å². The van der Waals surface area contributed by atoms with Crippen molar-refractivity contribution in [2.75, 3.05) is 6.54 Å². The Hall–Kier alpha value is -0.0800. The summed E-state index contributed by atoms with van der Waals surface area (Å²) in [5, 5.41) is 11.7. The molecule has 0 aromatic rings. The number of hydrogen-bond acceptors (Lipinski definition) is 2. The number of fused-ring (bicyclic) bond motifs is 2. The van der Waals surface area contributed by atoms with Gasteiger partial charge in [-0.05, 0) is 55.8 Å². The van der Waals surface area contributed by atoms with Crippen molar-refractivity contribution in [2.45, 2.75) is 70.8 Å². The number of nitrogens with two attached hydrogens (primary N) is 1. The summed E-state index contributed by atoms with van der Waals surface area (Å²) in [6.07, 6.45) is 9.92. The van der Waals surface area contributed by atoms with E-state index in [9.17, 15) is 5.11 Å². The fraction of sp³-hybridized carbons (Fsp3) is 1.00. The lowest BCUT2D eigenvalue weighted by molar-refractivity contribution is -0.176. The zero-order valence-electron chi connectivity index (χ0n) is 12.7. The van der Waals surface area contributed by atoms with Crippen LogP contribution in [0, 0.1) is 29.1 Å². The van der Waals surface area contributed by atoms with Gasteiger partial charge in [0.15, 0.2) is 0 Å². The molecule has 3 N–H and O–H groups in total. The highest BCUT2D eigenvalue weighted by atomic mass is 16.3. The fourth-order valence-corrected chi connectivity index (χ4v) is 6.09. The first-order valence-electron chi connectivity index (χ1n) is 8.46. The van der Waals surface area contributed by atoms with E-state index in [2.05, 4.69) is 13.8 Å². The van der Waals surface area contributed by atoms with E-state index in [1.54, 1.807) is 0 Å². The molecule has 0 aromatic heterocycles. The average molecular weight is 265 g/mol. The molecule has 3 saturated carbocycles. The van der Waals surface area contributed by atoms with E-state index in [0.717, 1.165) is 12.3 Å². The summed E-state index contributed by atoms with van der Waals surface area (Å²) in [5.74, 6) is 2.59. The van der Waals surface area contributed by atoms with Crippen molar-refractivity contribution in [2.24, 2.45) is 34.8 Å². The van der Waals surface area contributed by atoms with Crippen molar-refractivity contribution in [3.8, 4) is 0 Å². The largest absolute Gasteiger partial charge is 0.389 e. The van der Waals surface area contributed by atoms with Crippen LogP contribution in [-0.4, -0.2) is 17.3 Å². The van der Waals surface area contributed by atoms with Crippen molar-refractivity contribution >= 4 is 0 Å². The second-order valence-corrected chi connectivity index (χ2v) is 7.96. The highest BCUT2D eigenvalue weighted by Crippen LogP contribution is 2.64. The Morgan fingerprint density at radius 2 is 2.00 bits per heavy atom. The SMILES string of the molecule is CC(C)C1CCCCC1(O)C1(CN)CC2CCC1C2. The van der Waals surface area contributed by atoms with Gasteiger partial charge in [0, 0.05) is 12.0 Å². The molecule has 0 saturated heterocycles. The molecule has 0 radical (unpaired) electrons. The van der Waals surface area contributed by atoms with Gasteiger partial charge >= 0.3 is 0 Å². The molecule has 0 spiro atoms. The molecule has 3 aliphatic rings. The van der Waals surface area contributed by atoms with E-state index in [0.29, 0.717) is 24.3 Å². The Morgan fingerprint density at radius 3 is 2.53 bits per heavy atom. The molecule has 3 fully saturated rings. The van der Waals surface area contributed by atoms with Crippen molar-refractivity contribution in [3.05, 3.63) is 0 Å². The predicted octanol–water partition coefficient (Wildman–Crippen LogP) is 3.33. The van der Waals surface area contributed by atoms with E-state index >= 15 is 0 Å². The Morgan fingerprint density at radius 1 is 1.21 bits per heavy atom. The summed E-state index contributed by atoms with van der Waals surface area (Å²) in [5.41, 5.74) is 5.84. The van der Waals surface area contributed by atoms with Gasteiger partial charge in [0.05, 0.1) is 5.60 Å². The van der Waals surface area contributed by atoms with E-state index < -0.39 is 5.60 Å². The summed E-state index contributed by atoms with van der Waals surface area (Å²) in [7, 11) is 0. The maximum atomic E-state index is 11.7. The molecule has 5 atom stereocenters. The van der Waals surface area contributed by atoms with Gasteiger partial charge in [-0.25, -0.2) is 0 Å². The molecule has 3 rings (SSSR count). The molecule has 2 nitrogen and oxygen atoms in total. The normalized spacial score (nSPS) is 50.1. The third-order valence-electron chi connectivity index (χ3n) is 6.94. The van der Waals surface area contributed by atoms with Crippen LogP contribution in [0.3, 0.4) is 0 Å². The molecule has 0 heterocycles. The number of rotatable bonds is 3. The van der Waals surface area contributed by atoms with Gasteiger partial charge in [-0.15, -0.1) is 0 Å². The minimum atomic E-state index is -0.478. The van der Waals surface area contributed by atoms with E-state index in [-0.39, 0.29) is 5.41 Å². The van der Waals surface area contributed by atoms with Crippen LogP contribution in [0.25, 0.3) is 0 Å². The Bertz CT molecular complexity index is 342. The van der Waals surface area contributed by atoms with E-state index in [1.807, 2.05) is 0 Å². The monoisotopic (exact) mass is 265 g/mol. The summed E-state index contributed by atoms with van der Waals surface area (Å²) in [6, 6.07) is 0. The second kappa shape index (κ2) is 4.73. The van der Waals surface area contributed by atoms with Crippen molar-refractivity contribution in [1.29, 1.82) is 0 Å². The molecule has 110 valence electrons. The predicted molar refractivity (Wildman–Crippen MR) is 78.7 cm³/mol. The molecular formula is C17H31NO. The van der Waals surface area contributed by atoms with Crippen LogP contribution in [0.15, 0.2) is 0 Å². The van der Waals surface area contributed by atoms with Gasteiger partial charge in [-0.2, -0.15) is 0 Å². The molecule has 2 bridgehead atoms. The highest BCUT2D eigenvalue weighted by Gasteiger charge is 2.63. The molecule has 5 unspecified atom stereocenters. The van der Waals surface area contributed by atoms with Crippen LogP contribution in [0.2, 0.25) is 0 Å². The summed E-state index contributed by atoms with van der Waals surface area (Å²) >= 11 is 0. The highest BCUT2D eigenvalue weighted by molar-refractivity contribution is 5.14. The first kappa shape index (κ1) is 13.9. The maximum Gasteiger partial charge on any atom is 0.0748 e. The van der Waals surface area contributed by atoms with Gasteiger partial charge in [-0.1, -0.05) is 33.1 Å². The first-order chi connectivity index (χ1) is 9.03. The second-order valence-electron chi connectivity index (χ2n) is 7.96. The van der Waals surface area contributed by atoms with Crippen LogP contribution in [0.1, 0.15) is 65.2 Å². The van der Waals surface area contributed by atoms with Gasteiger partial charge in [0.25, 0.3) is 0 Å². The van der Waals surface area contributed by atoms with Crippen LogP contribution in [-0.2, 0) is 0 Å². The van der Waals surface area contributed by atoms with Crippen molar-refractivity contribution in [1.82, 2.24) is 0 Å². The Balaban J connectivity index is 1.96. The minimum Gasteiger partial charge on any atom is -0.389 e. The standard InChI is InChI=1S/C17H31NO/c1-12(2)15-5-3-4-8-17(15,19)16(11-18)10-13-6-7-14(16)9-13/h12-15,19H,3-11,18H2,1-2H3. The van der Waals surface area contributed by atoms with Crippen LogP contribution >= 0.6 is 0 Å². The zero-order chi connectivity index (χ0) is 13.7.